The number of para-hydroxylation sites is 1. The van der Waals surface area contributed by atoms with E-state index in [0.717, 1.165) is 11.3 Å². The van der Waals surface area contributed by atoms with Crippen molar-refractivity contribution in [1.29, 1.82) is 0 Å². The van der Waals surface area contributed by atoms with Gasteiger partial charge in [-0.1, -0.05) is 17.7 Å². The molecule has 0 atom stereocenters. The quantitative estimate of drug-likeness (QED) is 0.673. The Morgan fingerprint density at radius 1 is 1.05 bits per heavy atom. The molecule has 0 saturated heterocycles. The van der Waals surface area contributed by atoms with Crippen LogP contribution in [0.25, 0.3) is 0 Å². The molecule has 0 bridgehead atoms. The number of hydrogen-bond donors (Lipinski definition) is 1. The topological polar surface area (TPSA) is 42.8 Å². The lowest BCUT2D eigenvalue weighted by Crippen LogP contribution is -1.96. The van der Waals surface area contributed by atoms with E-state index in [2.05, 4.69) is 10.5 Å². The average molecular weight is 291 g/mol. The lowest BCUT2D eigenvalue weighted by Gasteiger charge is -2.09. The zero-order chi connectivity index (χ0) is 14.4. The third kappa shape index (κ3) is 3.42. The second kappa shape index (κ2) is 6.82. The third-order valence-corrected chi connectivity index (χ3v) is 2.93. The summed E-state index contributed by atoms with van der Waals surface area (Å²) in [6.07, 6.45) is 1.68. The van der Waals surface area contributed by atoms with E-state index in [4.69, 9.17) is 21.1 Å². The lowest BCUT2D eigenvalue weighted by atomic mass is 10.2. The van der Waals surface area contributed by atoms with Gasteiger partial charge < -0.3 is 9.47 Å². The Morgan fingerprint density at radius 3 is 2.45 bits per heavy atom. The molecule has 20 heavy (non-hydrogen) atoms. The maximum Gasteiger partial charge on any atom is 0.169 e. The van der Waals surface area contributed by atoms with Crippen molar-refractivity contribution in [1.82, 2.24) is 0 Å². The van der Waals surface area contributed by atoms with Gasteiger partial charge in [0.1, 0.15) is 0 Å². The summed E-state index contributed by atoms with van der Waals surface area (Å²) in [6, 6.07) is 12.9. The maximum atomic E-state index is 5.82. The fourth-order valence-electron chi connectivity index (χ4n) is 1.71. The van der Waals surface area contributed by atoms with Gasteiger partial charge in [-0.3, -0.25) is 5.43 Å². The van der Waals surface area contributed by atoms with Crippen LogP contribution in [0.2, 0.25) is 5.02 Å². The summed E-state index contributed by atoms with van der Waals surface area (Å²) in [5.41, 5.74) is 4.60. The number of rotatable bonds is 5. The molecule has 0 aliphatic carbocycles. The molecule has 0 aromatic heterocycles. The fraction of sp³-hybridized carbons (Fsp3) is 0.133. The van der Waals surface area contributed by atoms with Crippen LogP contribution in [0.4, 0.5) is 5.69 Å². The number of nitrogens with zero attached hydrogens (tertiary/aromatic N) is 1. The van der Waals surface area contributed by atoms with Gasteiger partial charge in [0.25, 0.3) is 0 Å². The van der Waals surface area contributed by atoms with Crippen LogP contribution in [0.15, 0.2) is 47.6 Å². The predicted octanol–water partition coefficient (Wildman–Crippen LogP) is 3.80. The molecule has 0 heterocycles. The smallest absolute Gasteiger partial charge is 0.169 e. The summed E-state index contributed by atoms with van der Waals surface area (Å²) >= 11 is 5.82. The number of hydrazone groups is 1. The molecule has 0 spiro atoms. The molecular formula is C15H15ClN2O2. The highest BCUT2D eigenvalue weighted by atomic mass is 35.5. The summed E-state index contributed by atoms with van der Waals surface area (Å²) in [6.45, 7) is 0. The van der Waals surface area contributed by atoms with Gasteiger partial charge in [0.05, 0.1) is 26.1 Å². The van der Waals surface area contributed by atoms with Crippen LogP contribution in [-0.4, -0.2) is 20.4 Å². The van der Waals surface area contributed by atoms with E-state index in [1.54, 1.807) is 32.6 Å². The van der Waals surface area contributed by atoms with Gasteiger partial charge in [-0.2, -0.15) is 5.10 Å². The minimum absolute atomic E-state index is 0.650. The van der Waals surface area contributed by atoms with Crippen molar-refractivity contribution in [2.24, 2.45) is 5.10 Å². The largest absolute Gasteiger partial charge is 0.493 e. The van der Waals surface area contributed by atoms with E-state index in [1.165, 1.54) is 0 Å². The minimum atomic E-state index is 0.650. The molecule has 104 valence electrons. The summed E-state index contributed by atoms with van der Waals surface area (Å²) in [5.74, 6) is 1.32. The van der Waals surface area contributed by atoms with Crippen LogP contribution >= 0.6 is 11.6 Å². The number of hydrogen-bond acceptors (Lipinski definition) is 4. The van der Waals surface area contributed by atoms with Crippen molar-refractivity contribution in [2.75, 3.05) is 19.6 Å². The number of anilines is 1. The van der Waals surface area contributed by atoms with E-state index in [1.807, 2.05) is 30.3 Å². The highest BCUT2D eigenvalue weighted by Crippen LogP contribution is 2.29. The molecule has 2 aromatic rings. The van der Waals surface area contributed by atoms with Crippen molar-refractivity contribution in [3.63, 3.8) is 0 Å². The Balaban J connectivity index is 2.13. The van der Waals surface area contributed by atoms with Crippen molar-refractivity contribution in [2.45, 2.75) is 0 Å². The standard InChI is InChI=1S/C15H15ClN2O2/c1-19-14-5-3-4-11(15(14)20-2)10-17-18-13-8-6-12(16)7-9-13/h3-10,18H,1-2H3/b17-10+. The van der Waals surface area contributed by atoms with E-state index in [-0.39, 0.29) is 0 Å². The molecule has 0 saturated carbocycles. The normalized spacial score (nSPS) is 10.6. The Labute approximate surface area is 123 Å². The SMILES string of the molecule is COc1cccc(/C=N/Nc2ccc(Cl)cc2)c1OC. The monoisotopic (exact) mass is 290 g/mol. The van der Waals surface area contributed by atoms with E-state index < -0.39 is 0 Å². The lowest BCUT2D eigenvalue weighted by molar-refractivity contribution is 0.354. The zero-order valence-corrected chi connectivity index (χ0v) is 12.0. The van der Waals surface area contributed by atoms with Gasteiger partial charge in [0.15, 0.2) is 11.5 Å². The van der Waals surface area contributed by atoms with Gasteiger partial charge in [-0.25, -0.2) is 0 Å². The summed E-state index contributed by atoms with van der Waals surface area (Å²) in [5, 5.41) is 4.86. The number of halogens is 1. The number of methoxy groups -OCH3 is 2. The second-order valence-electron chi connectivity index (χ2n) is 3.96. The second-order valence-corrected chi connectivity index (χ2v) is 4.40. The molecule has 2 rings (SSSR count). The van der Waals surface area contributed by atoms with Crippen molar-refractivity contribution in [3.8, 4) is 11.5 Å². The molecule has 0 amide bonds. The molecule has 0 radical (unpaired) electrons. The molecule has 1 N–H and O–H groups in total. The van der Waals surface area contributed by atoms with Gasteiger partial charge in [-0.05, 0) is 36.4 Å². The highest BCUT2D eigenvalue weighted by molar-refractivity contribution is 6.30. The van der Waals surface area contributed by atoms with Crippen LogP contribution in [0.3, 0.4) is 0 Å². The Bertz CT molecular complexity index is 597. The van der Waals surface area contributed by atoms with Crippen LogP contribution in [-0.2, 0) is 0 Å². The van der Waals surface area contributed by atoms with Crippen LogP contribution in [0.5, 0.6) is 11.5 Å². The minimum Gasteiger partial charge on any atom is -0.493 e. The first kappa shape index (κ1) is 14.2. The van der Waals surface area contributed by atoms with Crippen LogP contribution < -0.4 is 14.9 Å². The first-order valence-electron chi connectivity index (χ1n) is 6.00. The first-order valence-corrected chi connectivity index (χ1v) is 6.38. The van der Waals surface area contributed by atoms with Gasteiger partial charge in [0, 0.05) is 10.6 Å². The van der Waals surface area contributed by atoms with Crippen LogP contribution in [0, 0.1) is 0 Å². The maximum absolute atomic E-state index is 5.82. The zero-order valence-electron chi connectivity index (χ0n) is 11.3. The average Bonchev–Trinajstić information content (AvgIpc) is 2.49. The number of benzene rings is 2. The van der Waals surface area contributed by atoms with Crippen LogP contribution in [0.1, 0.15) is 5.56 Å². The molecule has 2 aromatic carbocycles. The van der Waals surface area contributed by atoms with Gasteiger partial charge in [0.2, 0.25) is 0 Å². The van der Waals surface area contributed by atoms with Crippen molar-refractivity contribution >= 4 is 23.5 Å². The summed E-state index contributed by atoms with van der Waals surface area (Å²) in [7, 11) is 3.20. The molecule has 0 aliphatic rings. The van der Waals surface area contributed by atoms with Gasteiger partial charge in [-0.15, -0.1) is 0 Å². The molecule has 0 unspecified atom stereocenters. The molecule has 5 heteroatoms. The summed E-state index contributed by atoms with van der Waals surface area (Å²) < 4.78 is 10.6. The van der Waals surface area contributed by atoms with E-state index in [0.29, 0.717) is 16.5 Å². The van der Waals surface area contributed by atoms with Gasteiger partial charge >= 0.3 is 0 Å². The molecule has 0 fully saturated rings. The fourth-order valence-corrected chi connectivity index (χ4v) is 1.84. The number of nitrogens with one attached hydrogen (secondary N) is 1. The highest BCUT2D eigenvalue weighted by Gasteiger charge is 2.06. The Kier molecular flexibility index (Phi) is 4.85. The first-order chi connectivity index (χ1) is 9.74. The Hall–Kier alpha value is -2.20. The Morgan fingerprint density at radius 2 is 1.80 bits per heavy atom. The number of ether oxygens (including phenoxy) is 2. The molecular weight excluding hydrogens is 276 g/mol. The molecule has 0 aliphatic heterocycles. The predicted molar refractivity (Wildman–Crippen MR) is 82.2 cm³/mol. The molecule has 4 nitrogen and oxygen atoms in total. The third-order valence-electron chi connectivity index (χ3n) is 2.67. The summed E-state index contributed by atoms with van der Waals surface area (Å²) in [4.78, 5) is 0. The van der Waals surface area contributed by atoms with Crippen molar-refractivity contribution < 1.29 is 9.47 Å². The van der Waals surface area contributed by atoms with Crippen molar-refractivity contribution in [3.05, 3.63) is 53.1 Å². The van der Waals surface area contributed by atoms with E-state index >= 15 is 0 Å². The van der Waals surface area contributed by atoms with E-state index in [9.17, 15) is 0 Å².